The summed E-state index contributed by atoms with van der Waals surface area (Å²) in [5, 5.41) is 3.69. The average Bonchev–Trinajstić information content (AvgIpc) is 3.68. The van der Waals surface area contributed by atoms with E-state index < -0.39 is 0 Å². The van der Waals surface area contributed by atoms with Crippen LogP contribution in [0.3, 0.4) is 0 Å². The number of nitrogens with zero attached hydrogens (tertiary/aromatic N) is 4. The van der Waals surface area contributed by atoms with E-state index in [-0.39, 0.29) is 23.3 Å². The molecule has 2 amide bonds. The van der Waals surface area contributed by atoms with E-state index in [2.05, 4.69) is 37.4 Å². The molecule has 1 spiro atoms. The molecule has 3 aliphatic rings. The van der Waals surface area contributed by atoms with Gasteiger partial charge in [0.1, 0.15) is 17.8 Å². The number of carbonyl (C=O) groups excluding carboxylic acids is 2. The Morgan fingerprint density at radius 3 is 2.67 bits per heavy atom. The Balaban J connectivity index is 1.33. The van der Waals surface area contributed by atoms with Gasteiger partial charge >= 0.3 is 0 Å². The van der Waals surface area contributed by atoms with Gasteiger partial charge in [-0.15, -0.1) is 0 Å². The molecular weight excluding hydrogens is 504 g/mol. The number of fused-ring (bicyclic) bond motifs is 1. The van der Waals surface area contributed by atoms with E-state index in [4.69, 9.17) is 10.5 Å². The Morgan fingerprint density at radius 2 is 2.00 bits per heavy atom. The van der Waals surface area contributed by atoms with Gasteiger partial charge in [0, 0.05) is 42.9 Å². The van der Waals surface area contributed by atoms with E-state index in [1.165, 1.54) is 6.33 Å². The first-order valence-corrected chi connectivity index (χ1v) is 14.0. The summed E-state index contributed by atoms with van der Waals surface area (Å²) in [7, 11) is 1.98. The lowest BCUT2D eigenvalue weighted by Crippen LogP contribution is -2.50. The van der Waals surface area contributed by atoms with Gasteiger partial charge in [-0.25, -0.2) is 9.97 Å². The number of aromatic nitrogens is 3. The molecule has 2 saturated heterocycles. The van der Waals surface area contributed by atoms with Crippen molar-refractivity contribution in [2.24, 2.45) is 13.0 Å². The summed E-state index contributed by atoms with van der Waals surface area (Å²) >= 11 is 0. The van der Waals surface area contributed by atoms with Crippen LogP contribution in [0.2, 0.25) is 0 Å². The highest BCUT2D eigenvalue weighted by molar-refractivity contribution is 6.05. The smallest absolute Gasteiger partial charge is 0.250 e. The summed E-state index contributed by atoms with van der Waals surface area (Å²) in [4.78, 5) is 36.8. The van der Waals surface area contributed by atoms with Crippen LogP contribution in [-0.2, 0) is 21.4 Å². The summed E-state index contributed by atoms with van der Waals surface area (Å²) in [6, 6.07) is 7.74. The molecule has 40 heavy (non-hydrogen) atoms. The van der Waals surface area contributed by atoms with Crippen LogP contribution in [0.5, 0.6) is 0 Å². The zero-order valence-electron chi connectivity index (χ0n) is 23.2. The highest BCUT2D eigenvalue weighted by atomic mass is 16.5. The highest BCUT2D eigenvalue weighted by Gasteiger charge is 2.47. The van der Waals surface area contributed by atoms with Crippen molar-refractivity contribution in [3.05, 3.63) is 54.4 Å². The number of hydrogen-bond acceptors (Lipinski definition) is 6. The van der Waals surface area contributed by atoms with Gasteiger partial charge in [-0.05, 0) is 68.7 Å². The van der Waals surface area contributed by atoms with Crippen molar-refractivity contribution in [2.45, 2.75) is 51.0 Å². The summed E-state index contributed by atoms with van der Waals surface area (Å²) in [6.07, 6.45) is 8.99. The fraction of sp³-hybridized carbons (Fsp3) is 0.419. The number of aryl methyl sites for hydroxylation is 1. The lowest BCUT2D eigenvalue weighted by atomic mass is 9.83. The Hall–Kier alpha value is -3.98. The highest BCUT2D eigenvalue weighted by Crippen LogP contribution is 2.44. The number of anilines is 2. The summed E-state index contributed by atoms with van der Waals surface area (Å²) in [5.41, 5.74) is 12.4. The first kappa shape index (κ1) is 26.3. The van der Waals surface area contributed by atoms with Crippen molar-refractivity contribution in [1.82, 2.24) is 19.4 Å². The van der Waals surface area contributed by atoms with E-state index in [9.17, 15) is 9.59 Å². The van der Waals surface area contributed by atoms with Crippen LogP contribution in [0.4, 0.5) is 11.5 Å². The standard InChI is InChI=1S/C31H36N6O3/c1-19(2)29(38)35-23-11-9-21(10-12-23)26-24(25-27(32)33-18-34-28(25)36(26)3)20-5-7-22(8-6-20)30(39)37-15-4-13-31(37)14-16-40-17-31/h5,9-12,18,22H,1,4,6-8,13-17H2,2-3H3,(H,35,38)(H2,32,33,34)/t22-,31-/m0/s1. The van der Waals surface area contributed by atoms with Gasteiger partial charge < -0.3 is 25.3 Å². The second-order valence-electron chi connectivity index (χ2n) is 11.4. The molecule has 0 saturated carbocycles. The number of likely N-dealkylation sites (tertiary alicyclic amines) is 1. The number of nitrogens with one attached hydrogen (secondary N) is 1. The van der Waals surface area contributed by atoms with Crippen LogP contribution >= 0.6 is 0 Å². The van der Waals surface area contributed by atoms with Crippen LogP contribution in [0.1, 0.15) is 51.0 Å². The van der Waals surface area contributed by atoms with Crippen molar-refractivity contribution in [2.75, 3.05) is 30.8 Å². The summed E-state index contributed by atoms with van der Waals surface area (Å²) in [5.74, 6) is 0.471. The maximum absolute atomic E-state index is 13.7. The zero-order valence-corrected chi connectivity index (χ0v) is 23.2. The second kappa shape index (κ2) is 10.2. The van der Waals surface area contributed by atoms with Gasteiger partial charge in [0.15, 0.2) is 0 Å². The summed E-state index contributed by atoms with van der Waals surface area (Å²) < 4.78 is 7.77. The number of benzene rings is 1. The van der Waals surface area contributed by atoms with Crippen molar-refractivity contribution >= 4 is 39.9 Å². The third kappa shape index (κ3) is 4.38. The number of hydrogen-bond donors (Lipinski definition) is 2. The van der Waals surface area contributed by atoms with Crippen molar-refractivity contribution in [3.8, 4) is 11.3 Å². The molecule has 6 rings (SSSR count). The Bertz CT molecular complexity index is 1530. The minimum absolute atomic E-state index is 0.0254. The number of carbonyl (C=O) groups is 2. The zero-order chi connectivity index (χ0) is 28.0. The van der Waals surface area contributed by atoms with E-state index >= 15 is 0 Å². The van der Waals surface area contributed by atoms with Gasteiger partial charge in [0.05, 0.1) is 23.2 Å². The van der Waals surface area contributed by atoms with E-state index in [1.807, 2.05) is 31.3 Å². The van der Waals surface area contributed by atoms with Crippen molar-refractivity contribution in [1.29, 1.82) is 0 Å². The number of rotatable bonds is 5. The van der Waals surface area contributed by atoms with Gasteiger partial charge in [0.2, 0.25) is 5.91 Å². The molecule has 9 heteroatoms. The fourth-order valence-corrected chi connectivity index (χ4v) is 6.67. The minimum Gasteiger partial charge on any atom is -0.383 e. The molecule has 3 aromatic rings. The second-order valence-corrected chi connectivity index (χ2v) is 11.4. The number of amides is 2. The van der Waals surface area contributed by atoms with Gasteiger partial charge in [-0.3, -0.25) is 9.59 Å². The molecule has 2 atom stereocenters. The third-order valence-electron chi connectivity index (χ3n) is 8.83. The Labute approximate surface area is 234 Å². The maximum Gasteiger partial charge on any atom is 0.250 e. The molecule has 4 heterocycles. The number of allylic oxidation sites excluding steroid dienone is 2. The molecule has 208 valence electrons. The number of ether oxygens (including phenoxy) is 1. The normalized spacial score (nSPS) is 22.6. The molecule has 1 aliphatic carbocycles. The maximum atomic E-state index is 13.7. The average molecular weight is 541 g/mol. The first-order chi connectivity index (χ1) is 19.3. The minimum atomic E-state index is -0.210. The molecule has 3 N–H and O–H groups in total. The van der Waals surface area contributed by atoms with E-state index in [0.717, 1.165) is 78.7 Å². The van der Waals surface area contributed by atoms with Gasteiger partial charge in [-0.1, -0.05) is 24.8 Å². The predicted octanol–water partition coefficient (Wildman–Crippen LogP) is 4.70. The molecule has 2 aliphatic heterocycles. The lowest BCUT2D eigenvalue weighted by Gasteiger charge is -2.37. The Kier molecular flexibility index (Phi) is 6.70. The van der Waals surface area contributed by atoms with Gasteiger partial charge in [0.25, 0.3) is 5.91 Å². The number of nitrogen functional groups attached to an aromatic ring is 1. The van der Waals surface area contributed by atoms with E-state index in [0.29, 0.717) is 30.1 Å². The lowest BCUT2D eigenvalue weighted by molar-refractivity contribution is -0.140. The first-order valence-electron chi connectivity index (χ1n) is 14.0. The third-order valence-corrected chi connectivity index (χ3v) is 8.83. The fourth-order valence-electron chi connectivity index (χ4n) is 6.67. The molecule has 1 aromatic carbocycles. The van der Waals surface area contributed by atoms with Crippen LogP contribution in [0.15, 0.2) is 48.8 Å². The SMILES string of the molecule is C=C(C)C(=O)Nc1ccc(-c2c(C3=CC[C@H](C(=O)N4CCC[C@@]45CCOC5)CC3)c3c(N)ncnc3n2C)cc1. The van der Waals surface area contributed by atoms with E-state index in [1.54, 1.807) is 6.92 Å². The largest absolute Gasteiger partial charge is 0.383 e. The van der Waals surface area contributed by atoms with Crippen LogP contribution in [-0.4, -0.2) is 56.5 Å². The van der Waals surface area contributed by atoms with Crippen LogP contribution < -0.4 is 11.1 Å². The molecule has 0 bridgehead atoms. The molecule has 2 aromatic heterocycles. The molecule has 9 nitrogen and oxygen atoms in total. The van der Waals surface area contributed by atoms with Crippen molar-refractivity contribution < 1.29 is 14.3 Å². The van der Waals surface area contributed by atoms with Crippen LogP contribution in [0, 0.1) is 5.92 Å². The Morgan fingerprint density at radius 1 is 1.20 bits per heavy atom. The molecule has 0 unspecified atom stereocenters. The summed E-state index contributed by atoms with van der Waals surface area (Å²) in [6.45, 7) is 7.63. The van der Waals surface area contributed by atoms with Crippen LogP contribution in [0.25, 0.3) is 27.9 Å². The predicted molar refractivity (Wildman–Crippen MR) is 156 cm³/mol. The topological polar surface area (TPSA) is 115 Å². The van der Waals surface area contributed by atoms with Crippen molar-refractivity contribution in [3.63, 3.8) is 0 Å². The quantitative estimate of drug-likeness (QED) is 0.454. The molecule has 2 fully saturated rings. The monoisotopic (exact) mass is 540 g/mol. The molecular formula is C31H36N6O3. The van der Waals surface area contributed by atoms with Gasteiger partial charge in [-0.2, -0.15) is 0 Å². The number of nitrogens with two attached hydrogens (primary N) is 1. The molecule has 0 radical (unpaired) electrons.